The van der Waals surface area contributed by atoms with Gasteiger partial charge >= 0.3 is 6.18 Å². The molecule has 1 aromatic heterocycles. The summed E-state index contributed by atoms with van der Waals surface area (Å²) >= 11 is 6.81. The van der Waals surface area contributed by atoms with Gasteiger partial charge in [-0.3, -0.25) is 0 Å². The molecule has 0 radical (unpaired) electrons. The molecule has 0 aliphatic carbocycles. The molecule has 0 saturated heterocycles. The van der Waals surface area contributed by atoms with Crippen LogP contribution in [0.5, 0.6) is 0 Å². The second-order valence-electron chi connectivity index (χ2n) is 5.03. The zero-order chi connectivity index (χ0) is 19.0. The lowest BCUT2D eigenvalue weighted by Crippen LogP contribution is -2.30. The molecule has 0 aliphatic rings. The molecule has 0 spiro atoms. The summed E-state index contributed by atoms with van der Waals surface area (Å²) in [6, 6.07) is 1.30. The number of nitrogens with zero attached hydrogens (tertiary/aromatic N) is 3. The molecule has 0 fully saturated rings. The van der Waals surface area contributed by atoms with E-state index in [0.717, 1.165) is 21.7 Å². The van der Waals surface area contributed by atoms with E-state index >= 15 is 0 Å². The molecular weight excluding hydrogens is 403 g/mol. The van der Waals surface area contributed by atoms with Gasteiger partial charge in [0.05, 0.1) is 23.2 Å². The Kier molecular flexibility index (Phi) is 5.74. The fourth-order valence-corrected chi connectivity index (χ4v) is 4.61. The van der Waals surface area contributed by atoms with Crippen molar-refractivity contribution in [3.63, 3.8) is 0 Å². The maximum atomic E-state index is 12.7. The Labute approximate surface area is 150 Å². The SMILES string of the molecule is CC(c1nnc(CO)s1)N(C)S(=O)(=O)c1ccc(C(F)(F)F)cc1Cl. The van der Waals surface area contributed by atoms with Gasteiger partial charge in [-0.1, -0.05) is 22.9 Å². The van der Waals surface area contributed by atoms with Crippen LogP contribution in [-0.2, 0) is 22.8 Å². The number of hydrogen-bond acceptors (Lipinski definition) is 6. The summed E-state index contributed by atoms with van der Waals surface area (Å²) in [5, 5.41) is 16.6. The minimum absolute atomic E-state index is 0.320. The van der Waals surface area contributed by atoms with E-state index in [2.05, 4.69) is 10.2 Å². The van der Waals surface area contributed by atoms with E-state index in [-0.39, 0.29) is 6.61 Å². The van der Waals surface area contributed by atoms with Crippen molar-refractivity contribution in [1.29, 1.82) is 0 Å². The van der Waals surface area contributed by atoms with E-state index in [9.17, 15) is 21.6 Å². The number of rotatable bonds is 5. The van der Waals surface area contributed by atoms with E-state index in [1.165, 1.54) is 14.0 Å². The number of aliphatic hydroxyl groups excluding tert-OH is 1. The highest BCUT2D eigenvalue weighted by molar-refractivity contribution is 7.89. The average Bonchev–Trinajstić information content (AvgIpc) is 3.01. The van der Waals surface area contributed by atoms with Gasteiger partial charge in [0.2, 0.25) is 10.0 Å². The smallest absolute Gasteiger partial charge is 0.389 e. The lowest BCUT2D eigenvalue weighted by atomic mass is 10.2. The molecule has 1 aromatic carbocycles. The van der Waals surface area contributed by atoms with Crippen molar-refractivity contribution in [3.05, 3.63) is 38.8 Å². The van der Waals surface area contributed by atoms with Crippen LogP contribution < -0.4 is 0 Å². The van der Waals surface area contributed by atoms with Crippen LogP contribution in [-0.4, -0.2) is 35.1 Å². The van der Waals surface area contributed by atoms with Gasteiger partial charge in [0, 0.05) is 7.05 Å². The fourth-order valence-electron chi connectivity index (χ4n) is 1.90. The van der Waals surface area contributed by atoms with E-state index in [1.807, 2.05) is 0 Å². The molecule has 12 heteroatoms. The van der Waals surface area contributed by atoms with E-state index in [1.54, 1.807) is 0 Å². The maximum Gasteiger partial charge on any atom is 0.416 e. The quantitative estimate of drug-likeness (QED) is 0.811. The standard InChI is InChI=1S/C13H13ClF3N3O3S2/c1-7(12-19-18-11(6-21)24-12)20(2)25(22,23)10-4-3-8(5-9(10)14)13(15,16)17/h3-5,7,21H,6H2,1-2H3. The summed E-state index contributed by atoms with van der Waals surface area (Å²) in [5.41, 5.74) is -1.04. The Hall–Kier alpha value is -1.27. The first-order valence-corrected chi connectivity index (χ1v) is 9.40. The number of aromatic nitrogens is 2. The fraction of sp³-hybridized carbons (Fsp3) is 0.385. The van der Waals surface area contributed by atoms with Gasteiger partial charge in [-0.25, -0.2) is 8.42 Å². The number of sulfonamides is 1. The van der Waals surface area contributed by atoms with Gasteiger partial charge in [-0.05, 0) is 25.1 Å². The molecule has 0 bridgehead atoms. The summed E-state index contributed by atoms with van der Waals surface area (Å²) in [4.78, 5) is -0.441. The summed E-state index contributed by atoms with van der Waals surface area (Å²) < 4.78 is 64.3. The molecule has 25 heavy (non-hydrogen) atoms. The first-order valence-electron chi connectivity index (χ1n) is 6.76. The molecule has 2 rings (SSSR count). The Balaban J connectivity index is 2.37. The van der Waals surface area contributed by atoms with E-state index < -0.39 is 37.7 Å². The predicted octanol–water partition coefficient (Wildman–Crippen LogP) is 3.08. The largest absolute Gasteiger partial charge is 0.416 e. The predicted molar refractivity (Wildman–Crippen MR) is 85.6 cm³/mol. The summed E-state index contributed by atoms with van der Waals surface area (Å²) in [5.74, 6) is 0. The topological polar surface area (TPSA) is 83.4 Å². The maximum absolute atomic E-state index is 12.7. The lowest BCUT2D eigenvalue weighted by Gasteiger charge is -2.23. The van der Waals surface area contributed by atoms with Gasteiger partial charge in [0.1, 0.15) is 14.9 Å². The molecule has 0 amide bonds. The van der Waals surface area contributed by atoms with Crippen molar-refractivity contribution in [2.24, 2.45) is 0 Å². The number of aliphatic hydroxyl groups is 1. The summed E-state index contributed by atoms with van der Waals surface area (Å²) in [6.45, 7) is 1.21. The number of alkyl halides is 3. The highest BCUT2D eigenvalue weighted by Crippen LogP contribution is 2.35. The van der Waals surface area contributed by atoms with Crippen molar-refractivity contribution in [3.8, 4) is 0 Å². The Morgan fingerprint density at radius 1 is 1.36 bits per heavy atom. The number of hydrogen-bond donors (Lipinski definition) is 1. The Morgan fingerprint density at radius 3 is 2.48 bits per heavy atom. The van der Waals surface area contributed by atoms with E-state index in [0.29, 0.717) is 22.1 Å². The molecule has 6 nitrogen and oxygen atoms in total. The lowest BCUT2D eigenvalue weighted by molar-refractivity contribution is -0.137. The highest BCUT2D eigenvalue weighted by Gasteiger charge is 2.34. The second kappa shape index (κ2) is 7.16. The van der Waals surface area contributed by atoms with Crippen molar-refractivity contribution < 1.29 is 26.7 Å². The normalized spacial score (nSPS) is 14.1. The molecule has 2 aromatic rings. The summed E-state index contributed by atoms with van der Waals surface area (Å²) in [7, 11) is -2.91. The van der Waals surface area contributed by atoms with Gasteiger partial charge in [0.15, 0.2) is 0 Å². The molecule has 1 unspecified atom stereocenters. The third kappa shape index (κ3) is 4.11. The highest BCUT2D eigenvalue weighted by atomic mass is 35.5. The minimum Gasteiger partial charge on any atom is -0.389 e. The molecule has 1 N–H and O–H groups in total. The Bertz CT molecular complexity index is 871. The van der Waals surface area contributed by atoms with Crippen molar-refractivity contribution in [1.82, 2.24) is 14.5 Å². The zero-order valence-corrected chi connectivity index (χ0v) is 15.3. The van der Waals surface area contributed by atoms with Crippen LogP contribution >= 0.6 is 22.9 Å². The average molecular weight is 416 g/mol. The second-order valence-corrected chi connectivity index (χ2v) is 8.50. The number of benzene rings is 1. The zero-order valence-electron chi connectivity index (χ0n) is 13.0. The van der Waals surface area contributed by atoms with Crippen LogP contribution in [0.25, 0.3) is 0 Å². The van der Waals surface area contributed by atoms with Gasteiger partial charge in [-0.15, -0.1) is 10.2 Å². The molecule has 1 heterocycles. The molecule has 1 atom stereocenters. The molecule has 0 aliphatic heterocycles. The van der Waals surface area contributed by atoms with Crippen LogP contribution in [0, 0.1) is 0 Å². The molecule has 0 saturated carbocycles. The van der Waals surface area contributed by atoms with Gasteiger partial charge in [0.25, 0.3) is 0 Å². The molecular formula is C13H13ClF3N3O3S2. The third-order valence-corrected chi connectivity index (χ3v) is 6.93. The van der Waals surface area contributed by atoms with Crippen LogP contribution in [0.15, 0.2) is 23.1 Å². The van der Waals surface area contributed by atoms with Crippen molar-refractivity contribution in [2.45, 2.75) is 30.6 Å². The monoisotopic (exact) mass is 415 g/mol. The van der Waals surface area contributed by atoms with Crippen LogP contribution in [0.4, 0.5) is 13.2 Å². The minimum atomic E-state index is -4.63. The van der Waals surface area contributed by atoms with Gasteiger partial charge in [-0.2, -0.15) is 17.5 Å². The first kappa shape index (κ1) is 20.0. The first-order chi connectivity index (χ1) is 11.5. The van der Waals surface area contributed by atoms with Crippen LogP contribution in [0.1, 0.15) is 28.5 Å². The van der Waals surface area contributed by atoms with Crippen molar-refractivity contribution >= 4 is 33.0 Å². The van der Waals surface area contributed by atoms with Crippen LogP contribution in [0.3, 0.4) is 0 Å². The van der Waals surface area contributed by atoms with Crippen LogP contribution in [0.2, 0.25) is 5.02 Å². The van der Waals surface area contributed by atoms with E-state index in [4.69, 9.17) is 16.7 Å². The summed E-state index contributed by atoms with van der Waals surface area (Å²) in [6.07, 6.45) is -4.63. The Morgan fingerprint density at radius 2 is 2.00 bits per heavy atom. The number of halogens is 4. The molecule has 138 valence electrons. The van der Waals surface area contributed by atoms with Gasteiger partial charge < -0.3 is 5.11 Å². The van der Waals surface area contributed by atoms with Crippen molar-refractivity contribution in [2.75, 3.05) is 7.05 Å². The third-order valence-electron chi connectivity index (χ3n) is 3.44.